The molecule has 3 nitrogen and oxygen atoms in total. The van der Waals surface area contributed by atoms with Crippen LogP contribution in [-0.2, 0) is 11.2 Å². The van der Waals surface area contributed by atoms with Gasteiger partial charge in [0.2, 0.25) is 5.91 Å². The molecule has 0 radical (unpaired) electrons. The average molecular weight is 375 g/mol. The average Bonchev–Trinajstić information content (AvgIpc) is 3.38. The summed E-state index contributed by atoms with van der Waals surface area (Å²) in [5.41, 5.74) is 1.81. The summed E-state index contributed by atoms with van der Waals surface area (Å²) in [5.74, 6) is 1.46. The SMILES string of the molecule is CN(CC1CCN(CCc2ccc(Cl)cc2)CC1)C(=O)C1CC12CCC2. The molecule has 3 aliphatic rings. The first-order valence-electron chi connectivity index (χ1n) is 10.3. The van der Waals surface area contributed by atoms with Crippen LogP contribution in [0.4, 0.5) is 0 Å². The van der Waals surface area contributed by atoms with Gasteiger partial charge in [-0.05, 0) is 80.6 Å². The van der Waals surface area contributed by atoms with Crippen LogP contribution in [0, 0.1) is 17.3 Å². The molecule has 1 heterocycles. The molecule has 1 unspecified atom stereocenters. The molecule has 3 fully saturated rings. The van der Waals surface area contributed by atoms with Crippen LogP contribution in [0.25, 0.3) is 0 Å². The molecule has 4 rings (SSSR count). The molecule has 2 aliphatic carbocycles. The van der Waals surface area contributed by atoms with Crippen molar-refractivity contribution in [3.63, 3.8) is 0 Å². The second-order valence-corrected chi connectivity index (χ2v) is 9.29. The lowest BCUT2D eigenvalue weighted by atomic mass is 9.79. The van der Waals surface area contributed by atoms with E-state index in [9.17, 15) is 4.79 Å². The fraction of sp³-hybridized carbons (Fsp3) is 0.682. The third-order valence-electron chi connectivity index (χ3n) is 7.08. The fourth-order valence-electron chi connectivity index (χ4n) is 4.95. The maximum absolute atomic E-state index is 12.6. The van der Waals surface area contributed by atoms with Gasteiger partial charge in [0.25, 0.3) is 0 Å². The minimum Gasteiger partial charge on any atom is -0.345 e. The minimum absolute atomic E-state index is 0.362. The number of rotatable bonds is 6. The van der Waals surface area contributed by atoms with Crippen molar-refractivity contribution in [3.05, 3.63) is 34.9 Å². The van der Waals surface area contributed by atoms with Gasteiger partial charge in [0, 0.05) is 31.1 Å². The zero-order chi connectivity index (χ0) is 18.1. The molecular weight excluding hydrogens is 344 g/mol. The van der Waals surface area contributed by atoms with E-state index >= 15 is 0 Å². The summed E-state index contributed by atoms with van der Waals surface area (Å²) in [6, 6.07) is 8.21. The Morgan fingerprint density at radius 3 is 2.50 bits per heavy atom. The number of benzene rings is 1. The maximum atomic E-state index is 12.6. The number of likely N-dealkylation sites (tertiary alicyclic amines) is 1. The molecule has 1 spiro atoms. The summed E-state index contributed by atoms with van der Waals surface area (Å²) < 4.78 is 0. The van der Waals surface area contributed by atoms with E-state index in [0.717, 1.165) is 37.6 Å². The largest absolute Gasteiger partial charge is 0.345 e. The van der Waals surface area contributed by atoms with Gasteiger partial charge < -0.3 is 9.80 Å². The van der Waals surface area contributed by atoms with Crippen LogP contribution in [-0.4, -0.2) is 48.9 Å². The van der Waals surface area contributed by atoms with Crippen molar-refractivity contribution in [2.45, 2.75) is 44.9 Å². The number of hydrogen-bond donors (Lipinski definition) is 0. The Morgan fingerprint density at radius 2 is 1.92 bits per heavy atom. The van der Waals surface area contributed by atoms with Crippen LogP contribution in [0.15, 0.2) is 24.3 Å². The molecular formula is C22H31ClN2O. The van der Waals surface area contributed by atoms with Crippen LogP contribution in [0.1, 0.15) is 44.1 Å². The Hall–Kier alpha value is -1.06. The lowest BCUT2D eigenvalue weighted by molar-refractivity contribution is -0.133. The van der Waals surface area contributed by atoms with Crippen LogP contribution >= 0.6 is 11.6 Å². The number of carbonyl (C=O) groups is 1. The van der Waals surface area contributed by atoms with E-state index in [-0.39, 0.29) is 0 Å². The number of amides is 1. The van der Waals surface area contributed by atoms with Crippen molar-refractivity contribution in [2.75, 3.05) is 33.2 Å². The molecule has 1 saturated heterocycles. The summed E-state index contributed by atoms with van der Waals surface area (Å²) in [5, 5.41) is 0.808. The molecule has 26 heavy (non-hydrogen) atoms. The van der Waals surface area contributed by atoms with Crippen molar-refractivity contribution >= 4 is 17.5 Å². The molecule has 1 aromatic rings. The molecule has 4 heteroatoms. The summed E-state index contributed by atoms with van der Waals surface area (Å²) in [7, 11) is 2.03. The monoisotopic (exact) mass is 374 g/mol. The van der Waals surface area contributed by atoms with Gasteiger partial charge in [-0.3, -0.25) is 4.79 Å². The lowest BCUT2D eigenvalue weighted by Gasteiger charge is -2.34. The molecule has 0 N–H and O–H groups in total. The van der Waals surface area contributed by atoms with Crippen molar-refractivity contribution in [3.8, 4) is 0 Å². The highest BCUT2D eigenvalue weighted by Crippen LogP contribution is 2.65. The number of hydrogen-bond acceptors (Lipinski definition) is 2. The summed E-state index contributed by atoms with van der Waals surface area (Å²) in [6.07, 6.45) is 8.61. The molecule has 0 aromatic heterocycles. The zero-order valence-electron chi connectivity index (χ0n) is 15.9. The predicted octanol–water partition coefficient (Wildman–Crippen LogP) is 4.24. The van der Waals surface area contributed by atoms with Gasteiger partial charge >= 0.3 is 0 Å². The Balaban J connectivity index is 1.16. The van der Waals surface area contributed by atoms with Crippen LogP contribution in [0.3, 0.4) is 0 Å². The molecule has 1 aromatic carbocycles. The number of piperidine rings is 1. The quantitative estimate of drug-likeness (QED) is 0.743. The van der Waals surface area contributed by atoms with Gasteiger partial charge in [0.15, 0.2) is 0 Å². The molecule has 142 valence electrons. The van der Waals surface area contributed by atoms with Crippen molar-refractivity contribution in [1.82, 2.24) is 9.80 Å². The third kappa shape index (κ3) is 3.94. The van der Waals surface area contributed by atoms with Crippen molar-refractivity contribution in [2.24, 2.45) is 17.3 Å². The Labute approximate surface area is 162 Å². The lowest BCUT2D eigenvalue weighted by Crippen LogP contribution is -2.41. The summed E-state index contributed by atoms with van der Waals surface area (Å²) in [4.78, 5) is 17.3. The summed E-state index contributed by atoms with van der Waals surface area (Å²) >= 11 is 5.95. The van der Waals surface area contributed by atoms with Gasteiger partial charge in [-0.2, -0.15) is 0 Å². The van der Waals surface area contributed by atoms with E-state index in [1.54, 1.807) is 0 Å². The van der Waals surface area contributed by atoms with Gasteiger partial charge in [0.05, 0.1) is 0 Å². The first kappa shape index (κ1) is 18.3. The molecule has 2 saturated carbocycles. The molecule has 0 bridgehead atoms. The van der Waals surface area contributed by atoms with E-state index in [1.165, 1.54) is 44.1 Å². The van der Waals surface area contributed by atoms with Crippen molar-refractivity contribution < 1.29 is 4.79 Å². The van der Waals surface area contributed by atoms with Gasteiger partial charge in [-0.1, -0.05) is 30.2 Å². The van der Waals surface area contributed by atoms with Crippen molar-refractivity contribution in [1.29, 1.82) is 0 Å². The highest BCUT2D eigenvalue weighted by Gasteiger charge is 2.61. The molecule has 1 atom stereocenters. The molecule has 1 aliphatic heterocycles. The van der Waals surface area contributed by atoms with E-state index < -0.39 is 0 Å². The van der Waals surface area contributed by atoms with Gasteiger partial charge in [0.1, 0.15) is 0 Å². The fourth-order valence-corrected chi connectivity index (χ4v) is 5.08. The standard InChI is InChI=1S/C22H31ClN2O/c1-24(21(26)20-15-22(20)10-2-11-22)16-18-8-13-25(14-9-18)12-7-17-3-5-19(23)6-4-17/h3-6,18,20H,2,7-16H2,1H3. The number of nitrogens with zero attached hydrogens (tertiary/aromatic N) is 2. The van der Waals surface area contributed by atoms with Crippen LogP contribution in [0.5, 0.6) is 0 Å². The Bertz CT molecular complexity index is 632. The smallest absolute Gasteiger partial charge is 0.226 e. The Morgan fingerprint density at radius 1 is 1.23 bits per heavy atom. The van der Waals surface area contributed by atoms with E-state index in [0.29, 0.717) is 23.2 Å². The minimum atomic E-state index is 0.362. The van der Waals surface area contributed by atoms with E-state index in [4.69, 9.17) is 11.6 Å². The summed E-state index contributed by atoms with van der Waals surface area (Å²) in [6.45, 7) is 4.39. The maximum Gasteiger partial charge on any atom is 0.226 e. The highest BCUT2D eigenvalue weighted by atomic mass is 35.5. The first-order valence-corrected chi connectivity index (χ1v) is 10.7. The first-order chi connectivity index (χ1) is 12.6. The normalized spacial score (nSPS) is 25.1. The van der Waals surface area contributed by atoms with Gasteiger partial charge in [-0.25, -0.2) is 0 Å². The predicted molar refractivity (Wildman–Crippen MR) is 106 cm³/mol. The second kappa shape index (κ2) is 7.52. The number of carbonyl (C=O) groups excluding carboxylic acids is 1. The Kier molecular flexibility index (Phi) is 5.29. The topological polar surface area (TPSA) is 23.6 Å². The molecule has 1 amide bonds. The number of halogens is 1. The second-order valence-electron chi connectivity index (χ2n) is 8.85. The highest BCUT2D eigenvalue weighted by molar-refractivity contribution is 6.30. The van der Waals surface area contributed by atoms with Gasteiger partial charge in [-0.15, -0.1) is 0 Å². The third-order valence-corrected chi connectivity index (χ3v) is 7.33. The van der Waals surface area contributed by atoms with E-state index in [2.05, 4.69) is 17.0 Å². The zero-order valence-corrected chi connectivity index (χ0v) is 16.7. The van der Waals surface area contributed by atoms with E-state index in [1.807, 2.05) is 24.1 Å². The van der Waals surface area contributed by atoms with Crippen LogP contribution < -0.4 is 0 Å². The van der Waals surface area contributed by atoms with Crippen LogP contribution in [0.2, 0.25) is 5.02 Å².